The first kappa shape index (κ1) is 58.5. The summed E-state index contributed by atoms with van der Waals surface area (Å²) in [6.07, 6.45) is 3.70. The average molecular weight is 1270 g/mol. The highest BCUT2D eigenvalue weighted by Gasteiger charge is 2.20. The third kappa shape index (κ3) is 10.1. The van der Waals surface area contributed by atoms with Crippen molar-refractivity contribution in [3.63, 3.8) is 0 Å². The zero-order valence-electron chi connectivity index (χ0n) is 53.8. The maximum Gasteiger partial charge on any atom is 0.145 e. The van der Waals surface area contributed by atoms with Crippen LogP contribution < -0.4 is 16.1 Å². The topological polar surface area (TPSA) is 79.7 Å². The average Bonchev–Trinajstić information content (AvgIpc) is 1.65. The molecule has 3 radical (unpaired) electrons. The third-order valence-corrected chi connectivity index (χ3v) is 19.2. The maximum atomic E-state index is 5.78. The zero-order chi connectivity index (χ0) is 65.9. The van der Waals surface area contributed by atoms with E-state index < -0.39 is 0 Å². The molecule has 463 valence electrons. The van der Waals surface area contributed by atoms with E-state index in [1.54, 1.807) is 7.17 Å². The zero-order valence-corrected chi connectivity index (χ0v) is 53.8. The van der Waals surface area contributed by atoms with Crippen LogP contribution >= 0.6 is 0 Å². The smallest absolute Gasteiger partial charge is 0.145 e. The number of nitrogen functional groups attached to an aromatic ring is 1. The summed E-state index contributed by atoms with van der Waals surface area (Å²) in [5.74, 6) is 0. The van der Waals surface area contributed by atoms with E-state index in [4.69, 9.17) is 18.5 Å². The number of anilines is 4. The Morgan fingerprint density at radius 1 is 0.242 bits per heavy atom. The number of para-hydroxylation sites is 8. The number of aromatic nitrogens is 7. The summed E-state index contributed by atoms with van der Waals surface area (Å²) < 4.78 is 11.5. The van der Waals surface area contributed by atoms with E-state index in [9.17, 15) is 0 Å². The van der Waals surface area contributed by atoms with Crippen LogP contribution in [0.3, 0.4) is 0 Å². The minimum atomic E-state index is 0.766. The number of nitrogens with zero attached hydrogens (tertiary/aromatic N) is 8. The number of pyridine rings is 2. The third-order valence-electron chi connectivity index (χ3n) is 19.2. The Kier molecular flexibility index (Phi) is 14.5. The molecule has 0 spiro atoms. The quantitative estimate of drug-likeness (QED) is 0.115. The highest BCUT2D eigenvalue weighted by molar-refractivity contribution is 6.97. The van der Waals surface area contributed by atoms with E-state index in [2.05, 4.69) is 324 Å². The van der Waals surface area contributed by atoms with Gasteiger partial charge < -0.3 is 24.3 Å². The normalized spacial score (nSPS) is 11.5. The molecule has 7 heterocycles. The van der Waals surface area contributed by atoms with Crippen molar-refractivity contribution in [2.75, 3.05) is 10.6 Å². The fourth-order valence-corrected chi connectivity index (χ4v) is 14.8. The number of hydrogen-bond donors (Lipinski definition) is 1. The van der Waals surface area contributed by atoms with Crippen LogP contribution in [0.4, 0.5) is 22.7 Å². The van der Waals surface area contributed by atoms with Gasteiger partial charge in [-0.3, -0.25) is 9.13 Å². The van der Waals surface area contributed by atoms with E-state index in [1.807, 2.05) is 60.9 Å². The molecule has 0 unspecified atom stereocenters. The van der Waals surface area contributed by atoms with Crippen molar-refractivity contribution >= 4 is 152 Å². The number of hydrogen-bond acceptors (Lipinski definition) is 4. The summed E-state index contributed by atoms with van der Waals surface area (Å²) in [5.41, 5.74) is 27.8. The van der Waals surface area contributed by atoms with Crippen LogP contribution in [0.5, 0.6) is 0 Å². The Labute approximate surface area is 573 Å². The standard InChI is InChI=1S/C53H35N5.C18H12B2N.C17H13N3/c1-6-18-48-42(12-1)43-13-2-7-19-49(43)56(48)39-29-23-36(24-30-39)55(37-25-31-40(32-26-37)57-50-20-8-3-14-44(50)45-15-4-9-21-51(45)57)38-27-33-41(34-28-38)58-52-22-10-5-16-46(52)47-17-11-35-54-53(47)58;19-20-13-9-11-14(12-10-13)21-17-7-3-1-5-15(17)16-6-2-4-8-18(16)21;18-12-7-9-13(10-8-12)20-16-6-2-1-4-14(16)15-5-3-11-19-17(15)20/h1-35H;1-12H;1-11H,18H2. The first-order valence-corrected chi connectivity index (χ1v) is 33.3. The van der Waals surface area contributed by atoms with Crippen LogP contribution in [0.15, 0.2) is 352 Å². The monoisotopic (exact) mass is 1260 g/mol. The molecule has 0 amide bonds. The summed E-state index contributed by atoms with van der Waals surface area (Å²) in [4.78, 5) is 11.7. The van der Waals surface area contributed by atoms with Crippen molar-refractivity contribution in [3.05, 3.63) is 352 Å². The second kappa shape index (κ2) is 24.6. The molecule has 0 atom stereocenters. The molecule has 99 heavy (non-hydrogen) atoms. The summed E-state index contributed by atoms with van der Waals surface area (Å²) in [7, 11) is 7.19. The molecule has 0 aliphatic rings. The molecule has 7 aromatic heterocycles. The lowest BCUT2D eigenvalue weighted by molar-refractivity contribution is 1.13. The van der Waals surface area contributed by atoms with Gasteiger partial charge in [0.1, 0.15) is 11.3 Å². The van der Waals surface area contributed by atoms with E-state index in [0.717, 1.165) is 84.4 Å². The lowest BCUT2D eigenvalue weighted by Gasteiger charge is -2.26. The molecular weight excluding hydrogens is 1200 g/mol. The molecule has 11 heteroatoms. The predicted octanol–water partition coefficient (Wildman–Crippen LogP) is 20.8. The van der Waals surface area contributed by atoms with Crippen LogP contribution in [0.2, 0.25) is 0 Å². The van der Waals surface area contributed by atoms with Crippen LogP contribution in [-0.2, 0) is 0 Å². The fraction of sp³-hybridized carbons (Fsp3) is 0. The maximum absolute atomic E-state index is 5.78. The second-order valence-corrected chi connectivity index (χ2v) is 24.8. The van der Waals surface area contributed by atoms with Gasteiger partial charge in [0.25, 0.3) is 0 Å². The van der Waals surface area contributed by atoms with Gasteiger partial charge in [0.15, 0.2) is 0 Å². The van der Waals surface area contributed by atoms with E-state index >= 15 is 0 Å². The van der Waals surface area contributed by atoms with Gasteiger partial charge in [-0.15, -0.1) is 0 Å². The molecular formula is C88H60B2N9. The molecule has 0 aliphatic heterocycles. The Balaban J connectivity index is 0.000000139. The summed E-state index contributed by atoms with van der Waals surface area (Å²) >= 11 is 0. The number of benzene rings is 13. The van der Waals surface area contributed by atoms with Crippen LogP contribution in [0, 0.1) is 0 Å². The van der Waals surface area contributed by atoms with Gasteiger partial charge in [-0.1, -0.05) is 163 Å². The molecule has 9 nitrogen and oxygen atoms in total. The summed E-state index contributed by atoms with van der Waals surface area (Å²) in [5, 5.41) is 12.3. The van der Waals surface area contributed by atoms with Gasteiger partial charge in [0.05, 0.1) is 51.3 Å². The van der Waals surface area contributed by atoms with Gasteiger partial charge >= 0.3 is 0 Å². The molecule has 0 aliphatic carbocycles. The van der Waals surface area contributed by atoms with E-state index in [1.165, 1.54) is 81.6 Å². The van der Waals surface area contributed by atoms with Crippen molar-refractivity contribution in [2.24, 2.45) is 0 Å². The largest absolute Gasteiger partial charge is 0.399 e. The lowest BCUT2D eigenvalue weighted by atomic mass is 9.51. The van der Waals surface area contributed by atoms with Crippen LogP contribution in [-0.4, -0.2) is 47.7 Å². The predicted molar refractivity (Wildman–Crippen MR) is 417 cm³/mol. The minimum Gasteiger partial charge on any atom is -0.399 e. The summed E-state index contributed by atoms with van der Waals surface area (Å²) in [6, 6.07) is 120. The molecule has 2 N–H and O–H groups in total. The fourth-order valence-electron chi connectivity index (χ4n) is 14.8. The number of rotatable bonds is 9. The van der Waals surface area contributed by atoms with Crippen molar-refractivity contribution in [1.82, 2.24) is 32.8 Å². The van der Waals surface area contributed by atoms with Crippen LogP contribution in [0.1, 0.15) is 0 Å². The first-order chi connectivity index (χ1) is 49.0. The number of nitrogens with two attached hydrogens (primary N) is 1. The molecule has 0 saturated heterocycles. The minimum absolute atomic E-state index is 0.766. The highest BCUT2D eigenvalue weighted by atomic mass is 15.1. The van der Waals surface area contributed by atoms with Gasteiger partial charge in [-0.25, -0.2) is 9.97 Å². The Bertz CT molecular complexity index is 5760. The van der Waals surface area contributed by atoms with Gasteiger partial charge in [0.2, 0.25) is 0 Å². The van der Waals surface area contributed by atoms with E-state index in [0.29, 0.717) is 0 Å². The Morgan fingerprint density at radius 3 is 0.747 bits per heavy atom. The Morgan fingerprint density at radius 2 is 0.465 bits per heavy atom. The van der Waals surface area contributed by atoms with Gasteiger partial charge in [0, 0.05) is 125 Å². The van der Waals surface area contributed by atoms with Gasteiger partial charge in [-0.05, 0) is 182 Å². The molecule has 13 aromatic carbocycles. The highest BCUT2D eigenvalue weighted by Crippen LogP contribution is 2.41. The van der Waals surface area contributed by atoms with Crippen LogP contribution in [0.25, 0.3) is 138 Å². The second-order valence-electron chi connectivity index (χ2n) is 24.8. The molecule has 0 fully saturated rings. The number of fused-ring (bicyclic) bond motifs is 15. The SMILES string of the molecule is Nc1ccc(-n2c3ccccc3c3cccnc32)cc1.[B][B]c1ccc(-n2c3ccccc3c3ccccc32)cc1.c1ccc2c(c1)c1ccccc1n2-c1ccc(N(c2ccc(-n3c4ccccc4c4ccccc43)cc2)c2ccc(-n3c4ccccc4c4cccnc43)cc2)cc1. The summed E-state index contributed by atoms with van der Waals surface area (Å²) in [6.45, 7) is 0. The Hall–Kier alpha value is -13.1. The van der Waals surface area contributed by atoms with Gasteiger partial charge in [-0.2, -0.15) is 0 Å². The molecule has 20 rings (SSSR count). The van der Waals surface area contributed by atoms with E-state index in [-0.39, 0.29) is 0 Å². The van der Waals surface area contributed by atoms with Crippen molar-refractivity contribution < 1.29 is 0 Å². The lowest BCUT2D eigenvalue weighted by Crippen LogP contribution is -2.13. The van der Waals surface area contributed by atoms with Crippen molar-refractivity contribution in [3.8, 4) is 28.4 Å². The molecule has 0 bridgehead atoms. The molecule has 20 aromatic rings. The molecule has 0 saturated carbocycles. The first-order valence-electron chi connectivity index (χ1n) is 33.3. The van der Waals surface area contributed by atoms with Crippen molar-refractivity contribution in [2.45, 2.75) is 0 Å². The van der Waals surface area contributed by atoms with Crippen molar-refractivity contribution in [1.29, 1.82) is 0 Å².